The second-order valence-corrected chi connectivity index (χ2v) is 6.08. The molecular weight excluding hydrogens is 236 g/mol. The summed E-state index contributed by atoms with van der Waals surface area (Å²) in [6.07, 6.45) is 9.77. The molecule has 2 aliphatic carbocycles. The Bertz CT molecular complexity index is 389. The molecular formula is C15H24N4. The fourth-order valence-corrected chi connectivity index (χ4v) is 3.33. The lowest BCUT2D eigenvalue weighted by Crippen LogP contribution is -2.33. The minimum Gasteiger partial charge on any atom is -0.366 e. The molecule has 104 valence electrons. The average molecular weight is 260 g/mol. The molecule has 0 bridgehead atoms. The van der Waals surface area contributed by atoms with Crippen LogP contribution in [0.5, 0.6) is 0 Å². The van der Waals surface area contributed by atoms with Crippen LogP contribution in [-0.2, 0) is 0 Å². The predicted molar refractivity (Wildman–Crippen MR) is 77.1 cm³/mol. The fraction of sp³-hybridized carbons (Fsp3) is 0.733. The Hall–Kier alpha value is -1.16. The van der Waals surface area contributed by atoms with E-state index >= 15 is 0 Å². The minimum atomic E-state index is 0.397. The molecule has 0 atom stereocenters. The first-order valence-electron chi connectivity index (χ1n) is 7.67. The van der Waals surface area contributed by atoms with Crippen LogP contribution in [0.15, 0.2) is 12.1 Å². The highest BCUT2D eigenvalue weighted by Gasteiger charge is 2.20. The highest BCUT2D eigenvalue weighted by atomic mass is 15.2. The molecule has 0 aliphatic heterocycles. The third-order valence-electron chi connectivity index (χ3n) is 4.58. The van der Waals surface area contributed by atoms with E-state index in [-0.39, 0.29) is 0 Å². The average Bonchev–Trinajstić information content (AvgIpc) is 2.96. The normalized spacial score (nSPS) is 28.5. The Kier molecular flexibility index (Phi) is 3.97. The maximum atomic E-state index is 5.92. The summed E-state index contributed by atoms with van der Waals surface area (Å²) in [5.74, 6) is 1.57. The largest absolute Gasteiger partial charge is 0.366 e. The molecule has 1 aromatic rings. The van der Waals surface area contributed by atoms with Gasteiger partial charge in [-0.25, -0.2) is 0 Å². The molecule has 2 fully saturated rings. The number of nitrogens with zero attached hydrogens (tertiary/aromatic N) is 2. The number of hydrogen-bond acceptors (Lipinski definition) is 4. The van der Waals surface area contributed by atoms with E-state index in [1.807, 2.05) is 0 Å². The van der Waals surface area contributed by atoms with Gasteiger partial charge in [0.25, 0.3) is 0 Å². The maximum Gasteiger partial charge on any atom is 0.148 e. The lowest BCUT2D eigenvalue weighted by Gasteiger charge is -2.27. The zero-order chi connectivity index (χ0) is 13.1. The second-order valence-electron chi connectivity index (χ2n) is 6.08. The van der Waals surface area contributed by atoms with Crippen molar-refractivity contribution in [2.24, 2.45) is 5.73 Å². The van der Waals surface area contributed by atoms with Gasteiger partial charge in [-0.3, -0.25) is 0 Å². The van der Waals surface area contributed by atoms with E-state index in [0.717, 1.165) is 31.5 Å². The fourth-order valence-electron chi connectivity index (χ4n) is 3.33. The summed E-state index contributed by atoms with van der Waals surface area (Å²) < 4.78 is 0. The molecule has 19 heavy (non-hydrogen) atoms. The van der Waals surface area contributed by atoms with Crippen LogP contribution in [0, 0.1) is 0 Å². The van der Waals surface area contributed by atoms with Crippen LogP contribution >= 0.6 is 0 Å². The van der Waals surface area contributed by atoms with Crippen LogP contribution < -0.4 is 11.1 Å². The number of hydrogen-bond donors (Lipinski definition) is 2. The zero-order valence-corrected chi connectivity index (χ0v) is 11.5. The summed E-state index contributed by atoms with van der Waals surface area (Å²) in [7, 11) is 0. The molecule has 3 N–H and O–H groups in total. The van der Waals surface area contributed by atoms with Crippen molar-refractivity contribution in [3.8, 4) is 0 Å². The van der Waals surface area contributed by atoms with Gasteiger partial charge in [-0.05, 0) is 50.7 Å². The van der Waals surface area contributed by atoms with Gasteiger partial charge in [0.2, 0.25) is 0 Å². The Morgan fingerprint density at radius 1 is 0.947 bits per heavy atom. The SMILES string of the molecule is NC1CCC(Nc2ccc(C3CCCC3)nn2)CC1. The molecule has 4 nitrogen and oxygen atoms in total. The molecule has 1 aromatic heterocycles. The van der Waals surface area contributed by atoms with Crippen molar-refractivity contribution in [2.75, 3.05) is 5.32 Å². The van der Waals surface area contributed by atoms with Crippen molar-refractivity contribution in [1.82, 2.24) is 10.2 Å². The van der Waals surface area contributed by atoms with Gasteiger partial charge in [-0.2, -0.15) is 5.10 Å². The van der Waals surface area contributed by atoms with Crippen LogP contribution in [0.4, 0.5) is 5.82 Å². The quantitative estimate of drug-likeness (QED) is 0.877. The minimum absolute atomic E-state index is 0.397. The molecule has 4 heteroatoms. The van der Waals surface area contributed by atoms with Gasteiger partial charge in [0.05, 0.1) is 5.69 Å². The monoisotopic (exact) mass is 260 g/mol. The van der Waals surface area contributed by atoms with Gasteiger partial charge in [0.1, 0.15) is 5.82 Å². The molecule has 2 aliphatic rings. The predicted octanol–water partition coefficient (Wildman–Crippen LogP) is 2.82. The maximum absolute atomic E-state index is 5.92. The number of nitrogens with one attached hydrogen (secondary N) is 1. The van der Waals surface area contributed by atoms with Gasteiger partial charge in [-0.1, -0.05) is 12.8 Å². The van der Waals surface area contributed by atoms with Crippen LogP contribution in [0.1, 0.15) is 63.0 Å². The first-order chi connectivity index (χ1) is 9.31. The number of anilines is 1. The van der Waals surface area contributed by atoms with Crippen LogP contribution in [0.3, 0.4) is 0 Å². The van der Waals surface area contributed by atoms with E-state index in [4.69, 9.17) is 5.73 Å². The third kappa shape index (κ3) is 3.24. The molecule has 0 radical (unpaired) electrons. The molecule has 3 rings (SSSR count). The number of nitrogens with two attached hydrogens (primary N) is 1. The van der Waals surface area contributed by atoms with Gasteiger partial charge in [0, 0.05) is 18.0 Å². The second kappa shape index (κ2) is 5.87. The van der Waals surface area contributed by atoms with Crippen LogP contribution in [0.25, 0.3) is 0 Å². The number of aromatic nitrogens is 2. The van der Waals surface area contributed by atoms with Crippen molar-refractivity contribution in [3.05, 3.63) is 17.8 Å². The van der Waals surface area contributed by atoms with E-state index in [2.05, 4.69) is 27.6 Å². The topological polar surface area (TPSA) is 63.8 Å². The smallest absolute Gasteiger partial charge is 0.148 e. The van der Waals surface area contributed by atoms with Crippen molar-refractivity contribution in [3.63, 3.8) is 0 Å². The number of rotatable bonds is 3. The van der Waals surface area contributed by atoms with Crippen molar-refractivity contribution < 1.29 is 0 Å². The first-order valence-corrected chi connectivity index (χ1v) is 7.67. The van der Waals surface area contributed by atoms with Gasteiger partial charge >= 0.3 is 0 Å². The van der Waals surface area contributed by atoms with E-state index in [1.165, 1.54) is 31.4 Å². The highest BCUT2D eigenvalue weighted by Crippen LogP contribution is 2.32. The molecule has 0 saturated heterocycles. The van der Waals surface area contributed by atoms with Crippen molar-refractivity contribution >= 4 is 5.82 Å². The summed E-state index contributed by atoms with van der Waals surface area (Å²) in [5.41, 5.74) is 7.10. The molecule has 0 unspecified atom stereocenters. The Balaban J connectivity index is 1.56. The van der Waals surface area contributed by atoms with Gasteiger partial charge in [0.15, 0.2) is 0 Å². The van der Waals surface area contributed by atoms with E-state index in [0.29, 0.717) is 18.0 Å². The highest BCUT2D eigenvalue weighted by molar-refractivity contribution is 5.35. The van der Waals surface area contributed by atoms with Gasteiger partial charge < -0.3 is 11.1 Å². The summed E-state index contributed by atoms with van der Waals surface area (Å²) in [5, 5.41) is 12.2. The molecule has 0 aromatic carbocycles. The van der Waals surface area contributed by atoms with E-state index in [9.17, 15) is 0 Å². The Labute approximate surface area is 115 Å². The van der Waals surface area contributed by atoms with E-state index in [1.54, 1.807) is 0 Å². The van der Waals surface area contributed by atoms with Gasteiger partial charge in [-0.15, -0.1) is 5.10 Å². The van der Waals surface area contributed by atoms with Crippen molar-refractivity contribution in [1.29, 1.82) is 0 Å². The van der Waals surface area contributed by atoms with Crippen LogP contribution in [-0.4, -0.2) is 22.3 Å². The summed E-state index contributed by atoms with van der Waals surface area (Å²) >= 11 is 0. The molecule has 0 spiro atoms. The first kappa shape index (κ1) is 12.9. The lowest BCUT2D eigenvalue weighted by atomic mass is 9.92. The molecule has 2 saturated carbocycles. The Morgan fingerprint density at radius 3 is 2.32 bits per heavy atom. The Morgan fingerprint density at radius 2 is 1.68 bits per heavy atom. The summed E-state index contributed by atoms with van der Waals surface area (Å²) in [6, 6.07) is 5.16. The van der Waals surface area contributed by atoms with Crippen molar-refractivity contribution in [2.45, 2.75) is 69.4 Å². The van der Waals surface area contributed by atoms with E-state index < -0.39 is 0 Å². The summed E-state index contributed by atoms with van der Waals surface area (Å²) in [6.45, 7) is 0. The molecule has 1 heterocycles. The molecule has 0 amide bonds. The summed E-state index contributed by atoms with van der Waals surface area (Å²) in [4.78, 5) is 0. The third-order valence-corrected chi connectivity index (χ3v) is 4.58. The lowest BCUT2D eigenvalue weighted by molar-refractivity contribution is 0.410. The standard InChI is InChI=1S/C15H24N4/c16-12-5-7-13(8-6-12)17-15-10-9-14(18-19-15)11-3-1-2-4-11/h9-13H,1-8,16H2,(H,17,19). The zero-order valence-electron chi connectivity index (χ0n) is 11.5. The van der Waals surface area contributed by atoms with Crippen LogP contribution in [0.2, 0.25) is 0 Å².